The van der Waals surface area contributed by atoms with E-state index in [9.17, 15) is 14.4 Å². The maximum atomic E-state index is 14.2. The summed E-state index contributed by atoms with van der Waals surface area (Å²) in [4.78, 5) is 43.5. The number of para-hydroxylation sites is 1. The molecule has 0 aromatic heterocycles. The fraction of sp³-hybridized carbons (Fsp3) is 0.400. The van der Waals surface area contributed by atoms with Crippen LogP contribution in [0.2, 0.25) is 10.0 Å². The summed E-state index contributed by atoms with van der Waals surface area (Å²) in [6, 6.07) is 12.5. The van der Waals surface area contributed by atoms with E-state index in [-0.39, 0.29) is 30.3 Å². The lowest BCUT2D eigenvalue weighted by atomic mass is 9.76. The van der Waals surface area contributed by atoms with Gasteiger partial charge in [-0.25, -0.2) is 0 Å². The second kappa shape index (κ2) is 7.83. The zero-order valence-electron chi connectivity index (χ0n) is 18.6. The fourth-order valence-corrected chi connectivity index (χ4v) is 6.10. The molecule has 6 nitrogen and oxygen atoms in total. The largest absolute Gasteiger partial charge is 0.306 e. The molecule has 0 aliphatic carbocycles. The standard InChI is InChI=1S/C25H25Cl2N3O3/c1-13(2)10-18-20-21(23(32)29(3)22(20)31)25(28-18)15-6-4-5-7-19(15)30(24(25)33)12-14-8-9-16(26)17(27)11-14/h4-9,11,13,18,20-21,28H,10,12H2,1-3H3/t18-,20-,21+,25+/m1/s1. The predicted molar refractivity (Wildman–Crippen MR) is 127 cm³/mol. The Morgan fingerprint density at radius 3 is 2.45 bits per heavy atom. The van der Waals surface area contributed by atoms with E-state index in [1.54, 1.807) is 17.0 Å². The molecule has 2 aromatic rings. The van der Waals surface area contributed by atoms with Gasteiger partial charge in [-0.2, -0.15) is 0 Å². The van der Waals surface area contributed by atoms with Crippen LogP contribution in [0.15, 0.2) is 42.5 Å². The van der Waals surface area contributed by atoms with E-state index >= 15 is 0 Å². The van der Waals surface area contributed by atoms with Gasteiger partial charge in [0.1, 0.15) is 5.54 Å². The van der Waals surface area contributed by atoms with Crippen LogP contribution in [0.4, 0.5) is 5.69 Å². The van der Waals surface area contributed by atoms with E-state index in [0.29, 0.717) is 22.4 Å². The van der Waals surface area contributed by atoms with Gasteiger partial charge in [0.15, 0.2) is 0 Å². The third-order valence-corrected chi connectivity index (χ3v) is 7.88. The van der Waals surface area contributed by atoms with Crippen molar-refractivity contribution in [2.24, 2.45) is 17.8 Å². The van der Waals surface area contributed by atoms with Gasteiger partial charge in [-0.1, -0.05) is 61.3 Å². The molecule has 0 saturated carbocycles. The quantitative estimate of drug-likeness (QED) is 0.664. The number of carbonyl (C=O) groups is 3. The lowest BCUT2D eigenvalue weighted by Crippen LogP contribution is -2.54. The maximum Gasteiger partial charge on any atom is 0.253 e. The summed E-state index contributed by atoms with van der Waals surface area (Å²) in [5.41, 5.74) is 1.03. The van der Waals surface area contributed by atoms with Gasteiger partial charge >= 0.3 is 0 Å². The Bertz CT molecular complexity index is 1180. The van der Waals surface area contributed by atoms with Gasteiger partial charge in [0.05, 0.1) is 28.4 Å². The van der Waals surface area contributed by atoms with Crippen LogP contribution in [0.5, 0.6) is 0 Å². The van der Waals surface area contributed by atoms with E-state index in [2.05, 4.69) is 19.2 Å². The summed E-state index contributed by atoms with van der Waals surface area (Å²) in [6.45, 7) is 4.43. The number of nitrogens with zero attached hydrogens (tertiary/aromatic N) is 2. The topological polar surface area (TPSA) is 69.7 Å². The average molecular weight is 486 g/mol. The third-order valence-electron chi connectivity index (χ3n) is 7.14. The number of nitrogens with one attached hydrogen (secondary N) is 1. The number of amides is 3. The van der Waals surface area contributed by atoms with Crippen molar-refractivity contribution in [1.29, 1.82) is 0 Å². The molecule has 0 unspecified atom stereocenters. The van der Waals surface area contributed by atoms with Crippen LogP contribution < -0.4 is 10.2 Å². The van der Waals surface area contributed by atoms with Crippen LogP contribution in [0, 0.1) is 17.8 Å². The molecular formula is C25H25Cl2N3O3. The summed E-state index contributed by atoms with van der Waals surface area (Å²) >= 11 is 12.3. The number of fused-ring (bicyclic) bond motifs is 4. The molecule has 3 heterocycles. The summed E-state index contributed by atoms with van der Waals surface area (Å²) in [6.07, 6.45) is 0.692. The van der Waals surface area contributed by atoms with Crippen molar-refractivity contribution >= 4 is 46.6 Å². The minimum Gasteiger partial charge on any atom is -0.306 e. The number of benzene rings is 2. The second-order valence-corrected chi connectivity index (χ2v) is 10.4. The zero-order valence-corrected chi connectivity index (χ0v) is 20.2. The van der Waals surface area contributed by atoms with Crippen molar-refractivity contribution in [3.05, 3.63) is 63.6 Å². The van der Waals surface area contributed by atoms with E-state index in [0.717, 1.165) is 16.8 Å². The van der Waals surface area contributed by atoms with Crippen molar-refractivity contribution in [3.8, 4) is 0 Å². The van der Waals surface area contributed by atoms with Crippen molar-refractivity contribution in [2.75, 3.05) is 11.9 Å². The zero-order chi connectivity index (χ0) is 23.7. The van der Waals surface area contributed by atoms with Crippen molar-refractivity contribution in [1.82, 2.24) is 10.2 Å². The summed E-state index contributed by atoms with van der Waals surface area (Å²) in [5, 5.41) is 4.38. The SMILES string of the molecule is CC(C)C[C@H]1N[C@]2(C(=O)N(Cc3ccc(Cl)c(Cl)c3)c3ccccc32)[C@@H]2C(=O)N(C)C(=O)[C@@H]21. The number of hydrogen-bond acceptors (Lipinski definition) is 4. The van der Waals surface area contributed by atoms with Gasteiger partial charge in [0, 0.05) is 24.3 Å². The number of likely N-dealkylation sites (tertiary alicyclic amines) is 1. The van der Waals surface area contributed by atoms with Crippen LogP contribution in [0.25, 0.3) is 0 Å². The Labute approximate surface area is 202 Å². The van der Waals surface area contributed by atoms with E-state index in [4.69, 9.17) is 23.2 Å². The van der Waals surface area contributed by atoms with Gasteiger partial charge in [0.25, 0.3) is 5.91 Å². The first-order valence-electron chi connectivity index (χ1n) is 11.1. The minimum atomic E-state index is -1.27. The van der Waals surface area contributed by atoms with Crippen molar-refractivity contribution < 1.29 is 14.4 Å². The van der Waals surface area contributed by atoms with Crippen LogP contribution in [-0.4, -0.2) is 35.7 Å². The number of imide groups is 1. The molecule has 3 aliphatic heterocycles. The first kappa shape index (κ1) is 22.4. The highest BCUT2D eigenvalue weighted by molar-refractivity contribution is 6.42. The number of rotatable bonds is 4. The summed E-state index contributed by atoms with van der Waals surface area (Å²) in [7, 11) is 1.52. The highest BCUT2D eigenvalue weighted by Gasteiger charge is 2.71. The Balaban J connectivity index is 1.63. The van der Waals surface area contributed by atoms with E-state index in [1.807, 2.05) is 30.3 Å². The molecule has 2 aromatic carbocycles. The fourth-order valence-electron chi connectivity index (χ4n) is 5.78. The molecule has 172 valence electrons. The molecule has 33 heavy (non-hydrogen) atoms. The second-order valence-electron chi connectivity index (χ2n) is 9.58. The van der Waals surface area contributed by atoms with E-state index < -0.39 is 17.4 Å². The normalized spacial score (nSPS) is 28.4. The van der Waals surface area contributed by atoms with Gasteiger partial charge in [-0.15, -0.1) is 0 Å². The smallest absolute Gasteiger partial charge is 0.253 e. The first-order valence-corrected chi connectivity index (χ1v) is 11.9. The third kappa shape index (κ3) is 3.15. The number of carbonyl (C=O) groups excluding carboxylic acids is 3. The monoisotopic (exact) mass is 485 g/mol. The Kier molecular flexibility index (Phi) is 5.31. The van der Waals surface area contributed by atoms with Crippen molar-refractivity contribution in [2.45, 2.75) is 38.4 Å². The first-order chi connectivity index (χ1) is 15.7. The number of anilines is 1. The molecule has 3 aliphatic rings. The molecule has 3 amide bonds. The predicted octanol–water partition coefficient (Wildman–Crippen LogP) is 3.98. The summed E-state index contributed by atoms with van der Waals surface area (Å²) < 4.78 is 0. The van der Waals surface area contributed by atoms with Crippen LogP contribution >= 0.6 is 23.2 Å². The molecule has 2 fully saturated rings. The highest BCUT2D eigenvalue weighted by Crippen LogP contribution is 2.55. The number of halogens is 2. The molecule has 2 saturated heterocycles. The average Bonchev–Trinajstić information content (AvgIpc) is 3.31. The van der Waals surface area contributed by atoms with Crippen LogP contribution in [0.1, 0.15) is 31.4 Å². The Hall–Kier alpha value is -2.41. The van der Waals surface area contributed by atoms with Crippen LogP contribution in [-0.2, 0) is 26.5 Å². The minimum absolute atomic E-state index is 0.215. The van der Waals surface area contributed by atoms with E-state index in [1.165, 1.54) is 11.9 Å². The van der Waals surface area contributed by atoms with Gasteiger partial charge in [-0.3, -0.25) is 24.6 Å². The highest BCUT2D eigenvalue weighted by atomic mass is 35.5. The molecule has 0 radical (unpaired) electrons. The maximum absolute atomic E-state index is 14.2. The molecule has 1 spiro atoms. The Morgan fingerprint density at radius 1 is 1.03 bits per heavy atom. The van der Waals surface area contributed by atoms with Gasteiger partial charge < -0.3 is 4.90 Å². The van der Waals surface area contributed by atoms with Crippen molar-refractivity contribution in [3.63, 3.8) is 0 Å². The molecule has 5 rings (SSSR count). The molecule has 1 N–H and O–H groups in total. The molecule has 0 bridgehead atoms. The number of hydrogen-bond donors (Lipinski definition) is 1. The summed E-state index contributed by atoms with van der Waals surface area (Å²) in [5.74, 6) is -1.77. The Morgan fingerprint density at radius 2 is 1.76 bits per heavy atom. The molecule has 4 atom stereocenters. The molecular weight excluding hydrogens is 461 g/mol. The van der Waals surface area contributed by atoms with Gasteiger partial charge in [-0.05, 0) is 36.1 Å². The lowest BCUT2D eigenvalue weighted by molar-refractivity contribution is -0.141. The van der Waals surface area contributed by atoms with Gasteiger partial charge in [0.2, 0.25) is 11.8 Å². The lowest BCUT2D eigenvalue weighted by Gasteiger charge is -2.30. The van der Waals surface area contributed by atoms with Crippen LogP contribution in [0.3, 0.4) is 0 Å². The molecule has 8 heteroatoms.